The van der Waals surface area contributed by atoms with Crippen LogP contribution >= 0.6 is 11.3 Å². The van der Waals surface area contributed by atoms with E-state index < -0.39 is 0 Å². The average molecular weight is 300 g/mol. The average Bonchev–Trinajstić information content (AvgIpc) is 2.94. The number of phenols is 1. The predicted octanol–water partition coefficient (Wildman–Crippen LogP) is 3.26. The maximum atomic E-state index is 12.2. The van der Waals surface area contributed by atoms with E-state index in [2.05, 4.69) is 10.3 Å². The first-order valence-corrected chi connectivity index (χ1v) is 7.07. The topological polar surface area (TPSA) is 71.5 Å². The van der Waals surface area contributed by atoms with Crippen LogP contribution in [0.2, 0.25) is 0 Å². The highest BCUT2D eigenvalue weighted by atomic mass is 32.1. The minimum absolute atomic E-state index is 0.0666. The van der Waals surface area contributed by atoms with Gasteiger partial charge in [-0.1, -0.05) is 0 Å². The van der Waals surface area contributed by atoms with Crippen molar-refractivity contribution < 1.29 is 14.6 Å². The van der Waals surface area contributed by atoms with Crippen molar-refractivity contribution in [3.8, 4) is 11.5 Å². The molecule has 3 rings (SSSR count). The maximum absolute atomic E-state index is 12.2. The summed E-state index contributed by atoms with van der Waals surface area (Å²) in [6.07, 6.45) is 0. The molecule has 3 aromatic rings. The molecule has 0 bridgehead atoms. The number of hydrogen-bond donors (Lipinski definition) is 2. The van der Waals surface area contributed by atoms with Gasteiger partial charge in [-0.2, -0.15) is 0 Å². The molecule has 0 saturated carbocycles. The molecule has 6 heteroatoms. The van der Waals surface area contributed by atoms with Crippen LogP contribution in [0.15, 0.2) is 41.9 Å². The summed E-state index contributed by atoms with van der Waals surface area (Å²) in [6.45, 7) is 0. The van der Waals surface area contributed by atoms with Crippen molar-refractivity contribution in [1.29, 1.82) is 0 Å². The molecule has 0 aliphatic rings. The first-order chi connectivity index (χ1) is 10.2. The Morgan fingerprint density at radius 1 is 1.29 bits per heavy atom. The summed E-state index contributed by atoms with van der Waals surface area (Å²) in [5.41, 5.74) is 3.71. The number of thiazole rings is 1. The molecule has 106 valence electrons. The van der Waals surface area contributed by atoms with Crippen molar-refractivity contribution in [2.24, 2.45) is 0 Å². The van der Waals surface area contributed by atoms with Gasteiger partial charge in [-0.15, -0.1) is 11.3 Å². The number of phenolic OH excluding ortho intramolecular Hbond substituents is 1. The molecule has 0 radical (unpaired) electrons. The fraction of sp³-hybridized carbons (Fsp3) is 0.0667. The van der Waals surface area contributed by atoms with Gasteiger partial charge in [0.05, 0.1) is 22.8 Å². The Morgan fingerprint density at radius 3 is 2.90 bits per heavy atom. The van der Waals surface area contributed by atoms with Crippen molar-refractivity contribution in [3.05, 3.63) is 47.5 Å². The standard InChI is InChI=1S/C15H12N2O3S/c1-20-13-5-2-9(6-12(13)18)15(19)17-10-3-4-11-14(7-10)21-8-16-11/h2-8,18H,1H3,(H,17,19). The summed E-state index contributed by atoms with van der Waals surface area (Å²) in [5.74, 6) is -0.0301. The predicted molar refractivity (Wildman–Crippen MR) is 82.2 cm³/mol. The van der Waals surface area contributed by atoms with Crippen molar-refractivity contribution in [2.45, 2.75) is 0 Å². The lowest BCUT2D eigenvalue weighted by Crippen LogP contribution is -2.11. The van der Waals surface area contributed by atoms with E-state index >= 15 is 0 Å². The molecule has 0 spiro atoms. The number of rotatable bonds is 3. The molecule has 1 aromatic heterocycles. The quantitative estimate of drug-likeness (QED) is 0.779. The van der Waals surface area contributed by atoms with Crippen molar-refractivity contribution in [2.75, 3.05) is 12.4 Å². The third kappa shape index (κ3) is 2.66. The second kappa shape index (κ2) is 5.41. The Kier molecular flexibility index (Phi) is 3.45. The van der Waals surface area contributed by atoms with Crippen LogP contribution in [-0.4, -0.2) is 23.1 Å². The molecular formula is C15H12N2O3S. The molecule has 0 unspecified atom stereocenters. The summed E-state index contributed by atoms with van der Waals surface area (Å²) in [6, 6.07) is 10.0. The van der Waals surface area contributed by atoms with Crippen LogP contribution < -0.4 is 10.1 Å². The fourth-order valence-electron chi connectivity index (χ4n) is 1.97. The number of carbonyl (C=O) groups is 1. The number of ether oxygens (including phenoxy) is 1. The smallest absolute Gasteiger partial charge is 0.255 e. The number of aromatic hydroxyl groups is 1. The van der Waals surface area contributed by atoms with Crippen LogP contribution in [0.3, 0.4) is 0 Å². The SMILES string of the molecule is COc1ccc(C(=O)Nc2ccc3ncsc3c2)cc1O. The van der Waals surface area contributed by atoms with Gasteiger partial charge in [-0.25, -0.2) is 4.98 Å². The van der Waals surface area contributed by atoms with Gasteiger partial charge in [0.25, 0.3) is 5.91 Å². The zero-order valence-electron chi connectivity index (χ0n) is 11.2. The number of nitrogens with zero attached hydrogens (tertiary/aromatic N) is 1. The van der Waals surface area contributed by atoms with Gasteiger partial charge in [0.2, 0.25) is 0 Å². The summed E-state index contributed by atoms with van der Waals surface area (Å²) in [4.78, 5) is 16.4. The van der Waals surface area contributed by atoms with E-state index in [1.807, 2.05) is 12.1 Å². The number of carbonyl (C=O) groups excluding carboxylic acids is 1. The van der Waals surface area contributed by atoms with E-state index in [4.69, 9.17) is 4.74 Å². The van der Waals surface area contributed by atoms with Crippen LogP contribution in [0.4, 0.5) is 5.69 Å². The van der Waals surface area contributed by atoms with Gasteiger partial charge in [0.15, 0.2) is 11.5 Å². The Bertz CT molecular complexity index is 814. The highest BCUT2D eigenvalue weighted by Gasteiger charge is 2.10. The van der Waals surface area contributed by atoms with Gasteiger partial charge in [-0.05, 0) is 36.4 Å². The van der Waals surface area contributed by atoms with E-state index in [-0.39, 0.29) is 11.7 Å². The molecule has 0 saturated heterocycles. The lowest BCUT2D eigenvalue weighted by atomic mass is 10.2. The lowest BCUT2D eigenvalue weighted by molar-refractivity contribution is 0.102. The van der Waals surface area contributed by atoms with Crippen LogP contribution in [-0.2, 0) is 0 Å². The molecule has 1 heterocycles. The molecule has 0 atom stereocenters. The second-order valence-electron chi connectivity index (χ2n) is 4.38. The Hall–Kier alpha value is -2.60. The van der Waals surface area contributed by atoms with E-state index in [0.29, 0.717) is 17.0 Å². The van der Waals surface area contributed by atoms with Gasteiger partial charge in [0, 0.05) is 11.3 Å². The van der Waals surface area contributed by atoms with Crippen LogP contribution in [0.25, 0.3) is 10.2 Å². The van der Waals surface area contributed by atoms with Crippen LogP contribution in [0, 0.1) is 0 Å². The summed E-state index contributed by atoms with van der Waals surface area (Å²) < 4.78 is 5.96. The van der Waals surface area contributed by atoms with Gasteiger partial charge in [-0.3, -0.25) is 4.79 Å². The van der Waals surface area contributed by atoms with E-state index in [9.17, 15) is 9.90 Å². The zero-order chi connectivity index (χ0) is 14.8. The van der Waals surface area contributed by atoms with E-state index in [1.54, 1.807) is 23.7 Å². The number of hydrogen-bond acceptors (Lipinski definition) is 5. The molecular weight excluding hydrogens is 288 g/mol. The van der Waals surface area contributed by atoms with Crippen LogP contribution in [0.5, 0.6) is 11.5 Å². The second-order valence-corrected chi connectivity index (χ2v) is 5.26. The summed E-state index contributed by atoms with van der Waals surface area (Å²) in [7, 11) is 1.46. The van der Waals surface area contributed by atoms with Crippen molar-refractivity contribution in [3.63, 3.8) is 0 Å². The van der Waals surface area contributed by atoms with E-state index in [0.717, 1.165) is 10.2 Å². The Labute approximate surface area is 124 Å². The van der Waals surface area contributed by atoms with Crippen molar-refractivity contribution in [1.82, 2.24) is 4.98 Å². The molecule has 21 heavy (non-hydrogen) atoms. The first-order valence-electron chi connectivity index (χ1n) is 6.19. The number of amides is 1. The maximum Gasteiger partial charge on any atom is 0.255 e. The number of anilines is 1. The highest BCUT2D eigenvalue weighted by molar-refractivity contribution is 7.16. The summed E-state index contributed by atoms with van der Waals surface area (Å²) in [5, 5.41) is 12.5. The molecule has 2 N–H and O–H groups in total. The normalized spacial score (nSPS) is 10.5. The van der Waals surface area contributed by atoms with Gasteiger partial charge < -0.3 is 15.2 Å². The minimum atomic E-state index is -0.295. The number of benzene rings is 2. The molecule has 5 nitrogen and oxygen atoms in total. The molecule has 0 aliphatic carbocycles. The third-order valence-electron chi connectivity index (χ3n) is 3.03. The van der Waals surface area contributed by atoms with Crippen LogP contribution in [0.1, 0.15) is 10.4 Å². The third-order valence-corrected chi connectivity index (χ3v) is 3.82. The lowest BCUT2D eigenvalue weighted by Gasteiger charge is -2.07. The largest absolute Gasteiger partial charge is 0.504 e. The Balaban J connectivity index is 1.83. The monoisotopic (exact) mass is 300 g/mol. The molecule has 0 aliphatic heterocycles. The first kappa shape index (κ1) is 13.4. The number of methoxy groups -OCH3 is 1. The van der Waals surface area contributed by atoms with Crippen molar-refractivity contribution >= 4 is 33.1 Å². The van der Waals surface area contributed by atoms with Gasteiger partial charge >= 0.3 is 0 Å². The molecule has 0 fully saturated rings. The minimum Gasteiger partial charge on any atom is -0.504 e. The zero-order valence-corrected chi connectivity index (χ0v) is 12.0. The number of aromatic nitrogens is 1. The number of fused-ring (bicyclic) bond motifs is 1. The molecule has 1 amide bonds. The van der Waals surface area contributed by atoms with Gasteiger partial charge in [0.1, 0.15) is 0 Å². The fourth-order valence-corrected chi connectivity index (χ4v) is 2.68. The highest BCUT2D eigenvalue weighted by Crippen LogP contribution is 2.27. The number of nitrogens with one attached hydrogen (secondary N) is 1. The Morgan fingerprint density at radius 2 is 2.14 bits per heavy atom. The van der Waals surface area contributed by atoms with E-state index in [1.165, 1.54) is 24.5 Å². The molecule has 2 aromatic carbocycles. The summed E-state index contributed by atoms with van der Waals surface area (Å²) >= 11 is 1.51.